The van der Waals surface area contributed by atoms with Gasteiger partial charge in [0.2, 0.25) is 0 Å². The van der Waals surface area contributed by atoms with Gasteiger partial charge in [0, 0.05) is 45.3 Å². The molecule has 0 spiro atoms. The number of hydrogen-bond donors (Lipinski definition) is 2. The van der Waals surface area contributed by atoms with Gasteiger partial charge >= 0.3 is 0 Å². The van der Waals surface area contributed by atoms with E-state index in [4.69, 9.17) is 4.74 Å². The number of nitrogens with zero attached hydrogens (tertiary/aromatic N) is 3. The van der Waals surface area contributed by atoms with Crippen molar-refractivity contribution < 1.29 is 4.74 Å². The fourth-order valence-corrected chi connectivity index (χ4v) is 3.25. The largest absolute Gasteiger partial charge is 0.379 e. The number of ether oxygens (including phenoxy) is 1. The fourth-order valence-electron chi connectivity index (χ4n) is 3.25. The van der Waals surface area contributed by atoms with E-state index >= 15 is 0 Å². The van der Waals surface area contributed by atoms with Crippen LogP contribution in [0.4, 0.5) is 0 Å². The molecule has 1 saturated heterocycles. The minimum absolute atomic E-state index is 0. The molecule has 28 heavy (non-hydrogen) atoms. The highest BCUT2D eigenvalue weighted by atomic mass is 127. The van der Waals surface area contributed by atoms with Crippen molar-refractivity contribution in [1.29, 1.82) is 0 Å². The lowest BCUT2D eigenvalue weighted by atomic mass is 10.0. The van der Waals surface area contributed by atoms with Crippen molar-refractivity contribution in [1.82, 2.24) is 20.4 Å². The van der Waals surface area contributed by atoms with Crippen LogP contribution in [-0.2, 0) is 17.8 Å². The van der Waals surface area contributed by atoms with Gasteiger partial charge in [-0.15, -0.1) is 24.0 Å². The monoisotopic (exact) mass is 503 g/mol. The number of nitrogens with one attached hydrogen (secondary N) is 2. The molecule has 1 aromatic rings. The van der Waals surface area contributed by atoms with Crippen LogP contribution >= 0.6 is 24.0 Å². The van der Waals surface area contributed by atoms with E-state index in [0.717, 1.165) is 58.4 Å². The van der Waals surface area contributed by atoms with Crippen molar-refractivity contribution in [3.63, 3.8) is 0 Å². The summed E-state index contributed by atoms with van der Waals surface area (Å²) in [7, 11) is 3.97. The third-order valence-electron chi connectivity index (χ3n) is 5.22. The van der Waals surface area contributed by atoms with Crippen molar-refractivity contribution in [3.8, 4) is 0 Å². The smallest absolute Gasteiger partial charge is 0.191 e. The predicted octanol–water partition coefficient (Wildman–Crippen LogP) is 2.53. The average molecular weight is 503 g/mol. The maximum Gasteiger partial charge on any atom is 0.191 e. The van der Waals surface area contributed by atoms with Crippen molar-refractivity contribution in [3.05, 3.63) is 35.4 Å². The van der Waals surface area contributed by atoms with Crippen LogP contribution in [0, 0.1) is 0 Å². The number of halogens is 1. The molecule has 1 aromatic carbocycles. The summed E-state index contributed by atoms with van der Waals surface area (Å²) < 4.78 is 5.47. The molecular weight excluding hydrogens is 465 g/mol. The predicted molar refractivity (Wildman–Crippen MR) is 129 cm³/mol. The molecule has 1 heterocycles. The normalized spacial score (nSPS) is 16.0. The molecule has 2 rings (SSSR count). The zero-order valence-electron chi connectivity index (χ0n) is 18.1. The number of rotatable bonds is 8. The molecule has 0 radical (unpaired) electrons. The van der Waals surface area contributed by atoms with Crippen molar-refractivity contribution in [2.45, 2.75) is 39.4 Å². The summed E-state index contributed by atoms with van der Waals surface area (Å²) in [6, 6.07) is 8.75. The van der Waals surface area contributed by atoms with Crippen LogP contribution < -0.4 is 10.6 Å². The van der Waals surface area contributed by atoms with Gasteiger partial charge in [0.15, 0.2) is 5.96 Å². The maximum absolute atomic E-state index is 5.47. The summed E-state index contributed by atoms with van der Waals surface area (Å²) in [5.74, 6) is 0.840. The Hall–Kier alpha value is -0.900. The van der Waals surface area contributed by atoms with E-state index in [2.05, 4.69) is 77.5 Å². The zero-order chi connectivity index (χ0) is 19.7. The molecule has 160 valence electrons. The molecule has 0 aromatic heterocycles. The van der Waals surface area contributed by atoms with Crippen LogP contribution in [0.3, 0.4) is 0 Å². The fraction of sp³-hybridized carbons (Fsp3) is 0.667. The minimum Gasteiger partial charge on any atom is -0.379 e. The summed E-state index contributed by atoms with van der Waals surface area (Å²) in [4.78, 5) is 9.16. The van der Waals surface area contributed by atoms with E-state index < -0.39 is 0 Å². The highest BCUT2D eigenvalue weighted by Gasteiger charge is 2.28. The van der Waals surface area contributed by atoms with E-state index in [1.54, 1.807) is 0 Å². The maximum atomic E-state index is 5.47. The molecule has 6 nitrogen and oxygen atoms in total. The number of guanidine groups is 1. The Kier molecular flexibility index (Phi) is 11.3. The first-order chi connectivity index (χ1) is 12.9. The molecule has 7 heteroatoms. The van der Waals surface area contributed by atoms with Crippen molar-refractivity contribution in [2.75, 3.05) is 53.5 Å². The lowest BCUT2D eigenvalue weighted by molar-refractivity contribution is -0.00834. The molecular formula is C21H38IN5O. The first-order valence-electron chi connectivity index (χ1n) is 9.98. The van der Waals surface area contributed by atoms with Gasteiger partial charge in [-0.25, -0.2) is 0 Å². The first-order valence-corrected chi connectivity index (χ1v) is 9.98. The highest BCUT2D eigenvalue weighted by Crippen LogP contribution is 2.15. The van der Waals surface area contributed by atoms with Gasteiger partial charge in [0.1, 0.15) is 0 Å². The standard InChI is InChI=1S/C21H37N5O.HI/c1-6-25(5)16-19-9-7-8-18(14-19)15-23-20(22-4)24-17-21(2,3)26-10-12-27-13-11-26;/h7-9,14H,6,10-13,15-17H2,1-5H3,(H2,22,23,24);1H. The van der Waals surface area contributed by atoms with Gasteiger partial charge in [-0.3, -0.25) is 9.89 Å². The van der Waals surface area contributed by atoms with Gasteiger partial charge in [-0.2, -0.15) is 0 Å². The van der Waals surface area contributed by atoms with Crippen LogP contribution in [-0.4, -0.2) is 74.8 Å². The molecule has 0 bridgehead atoms. The highest BCUT2D eigenvalue weighted by molar-refractivity contribution is 14.0. The SMILES string of the molecule is CCN(C)Cc1cccc(CNC(=NC)NCC(C)(C)N2CCOCC2)c1.I. The third-order valence-corrected chi connectivity index (χ3v) is 5.22. The van der Waals surface area contributed by atoms with E-state index in [1.807, 2.05) is 7.05 Å². The minimum atomic E-state index is 0. The van der Waals surface area contributed by atoms with Crippen LogP contribution in [0.15, 0.2) is 29.3 Å². The Labute approximate surface area is 188 Å². The Balaban J connectivity index is 0.00000392. The summed E-state index contributed by atoms with van der Waals surface area (Å²) in [5, 5.41) is 6.92. The van der Waals surface area contributed by atoms with E-state index in [-0.39, 0.29) is 29.5 Å². The molecule has 0 aliphatic carbocycles. The molecule has 1 aliphatic rings. The number of hydrogen-bond acceptors (Lipinski definition) is 4. The first kappa shape index (κ1) is 25.1. The van der Waals surface area contributed by atoms with Gasteiger partial charge < -0.3 is 20.3 Å². The van der Waals surface area contributed by atoms with Gasteiger partial charge in [0.25, 0.3) is 0 Å². The van der Waals surface area contributed by atoms with Crippen LogP contribution in [0.2, 0.25) is 0 Å². The third kappa shape index (κ3) is 8.23. The number of benzene rings is 1. The van der Waals surface area contributed by atoms with E-state index in [1.165, 1.54) is 11.1 Å². The van der Waals surface area contributed by atoms with Gasteiger partial charge in [0.05, 0.1) is 13.2 Å². The second kappa shape index (κ2) is 12.6. The molecule has 2 N–H and O–H groups in total. The van der Waals surface area contributed by atoms with E-state index in [9.17, 15) is 0 Å². The second-order valence-electron chi connectivity index (χ2n) is 7.84. The topological polar surface area (TPSA) is 52.1 Å². The zero-order valence-corrected chi connectivity index (χ0v) is 20.5. The Bertz CT molecular complexity index is 602. The summed E-state index contributed by atoms with van der Waals surface area (Å²) in [6.45, 7) is 14.0. The van der Waals surface area contributed by atoms with Crippen LogP contribution in [0.5, 0.6) is 0 Å². The van der Waals surface area contributed by atoms with Crippen molar-refractivity contribution in [2.24, 2.45) is 4.99 Å². The molecule has 0 amide bonds. The molecule has 0 unspecified atom stereocenters. The van der Waals surface area contributed by atoms with Gasteiger partial charge in [-0.1, -0.05) is 31.2 Å². The van der Waals surface area contributed by atoms with Crippen LogP contribution in [0.25, 0.3) is 0 Å². The summed E-state index contributed by atoms with van der Waals surface area (Å²) >= 11 is 0. The molecule has 1 fully saturated rings. The Morgan fingerprint density at radius 1 is 1.21 bits per heavy atom. The Morgan fingerprint density at radius 3 is 2.54 bits per heavy atom. The summed E-state index contributed by atoms with van der Waals surface area (Å²) in [6.07, 6.45) is 0. The van der Waals surface area contributed by atoms with E-state index in [0.29, 0.717) is 0 Å². The lowest BCUT2D eigenvalue weighted by Crippen LogP contribution is -2.56. The summed E-state index contributed by atoms with van der Waals surface area (Å²) in [5.41, 5.74) is 2.67. The Morgan fingerprint density at radius 2 is 1.89 bits per heavy atom. The average Bonchev–Trinajstić information content (AvgIpc) is 2.69. The van der Waals surface area contributed by atoms with Crippen LogP contribution in [0.1, 0.15) is 31.9 Å². The van der Waals surface area contributed by atoms with Gasteiger partial charge in [-0.05, 0) is 38.6 Å². The quantitative estimate of drug-likeness (QED) is 0.325. The molecule has 1 aliphatic heterocycles. The van der Waals surface area contributed by atoms with Crippen molar-refractivity contribution >= 4 is 29.9 Å². The second-order valence-corrected chi connectivity index (χ2v) is 7.84. The molecule has 0 atom stereocenters. The lowest BCUT2D eigenvalue weighted by Gasteiger charge is -2.41. The number of morpholine rings is 1. The number of aliphatic imine (C=N–C) groups is 1. The molecule has 0 saturated carbocycles.